The fraction of sp³-hybridized carbons (Fsp3) is 0.533. The first-order chi connectivity index (χ1) is 9.11. The number of hydrogen-bond acceptors (Lipinski definition) is 2. The first-order valence-corrected chi connectivity index (χ1v) is 7.61. The van der Waals surface area contributed by atoms with E-state index in [0.717, 1.165) is 48.1 Å². The van der Waals surface area contributed by atoms with Crippen LogP contribution in [0, 0.1) is 12.8 Å². The number of hydrogen-bond donors (Lipinski definition) is 1. The second-order valence-corrected chi connectivity index (χ2v) is 6.17. The van der Waals surface area contributed by atoms with E-state index in [-0.39, 0.29) is 5.91 Å². The van der Waals surface area contributed by atoms with Crippen molar-refractivity contribution in [2.75, 3.05) is 26.7 Å². The van der Waals surface area contributed by atoms with Gasteiger partial charge in [0.25, 0.3) is 5.91 Å². The maximum atomic E-state index is 12.5. The molecule has 0 aromatic heterocycles. The SMILES string of the molecule is CNCC1CCN(C(=O)c2cc(Br)ccc2C)CC1. The van der Waals surface area contributed by atoms with Gasteiger partial charge in [-0.25, -0.2) is 0 Å². The van der Waals surface area contributed by atoms with Gasteiger partial charge < -0.3 is 10.2 Å². The maximum Gasteiger partial charge on any atom is 0.254 e. The van der Waals surface area contributed by atoms with E-state index in [1.54, 1.807) is 0 Å². The van der Waals surface area contributed by atoms with Crippen molar-refractivity contribution < 1.29 is 4.79 Å². The van der Waals surface area contributed by atoms with Crippen LogP contribution in [0.1, 0.15) is 28.8 Å². The molecule has 1 aliphatic heterocycles. The van der Waals surface area contributed by atoms with Gasteiger partial charge in [0, 0.05) is 23.1 Å². The Balaban J connectivity index is 2.03. The lowest BCUT2D eigenvalue weighted by Gasteiger charge is -2.32. The third-order valence-corrected chi connectivity index (χ3v) is 4.32. The smallest absolute Gasteiger partial charge is 0.254 e. The van der Waals surface area contributed by atoms with E-state index in [2.05, 4.69) is 21.2 Å². The van der Waals surface area contributed by atoms with Crippen LogP contribution in [-0.4, -0.2) is 37.5 Å². The van der Waals surface area contributed by atoms with Gasteiger partial charge in [-0.1, -0.05) is 22.0 Å². The summed E-state index contributed by atoms with van der Waals surface area (Å²) in [6.45, 7) is 4.79. The predicted molar refractivity (Wildman–Crippen MR) is 81.4 cm³/mol. The monoisotopic (exact) mass is 324 g/mol. The number of carbonyl (C=O) groups is 1. The molecule has 1 amide bonds. The minimum absolute atomic E-state index is 0.168. The quantitative estimate of drug-likeness (QED) is 0.927. The van der Waals surface area contributed by atoms with Gasteiger partial charge >= 0.3 is 0 Å². The number of benzene rings is 1. The molecule has 4 heteroatoms. The molecule has 2 rings (SSSR count). The highest BCUT2D eigenvalue weighted by Crippen LogP contribution is 2.22. The van der Waals surface area contributed by atoms with E-state index >= 15 is 0 Å². The lowest BCUT2D eigenvalue weighted by atomic mass is 9.96. The zero-order valence-electron chi connectivity index (χ0n) is 11.6. The number of piperidine rings is 1. The molecule has 1 aromatic carbocycles. The fourth-order valence-electron chi connectivity index (χ4n) is 2.62. The third-order valence-electron chi connectivity index (χ3n) is 3.82. The normalized spacial score (nSPS) is 16.7. The van der Waals surface area contributed by atoms with Gasteiger partial charge in [-0.05, 0) is 57.0 Å². The maximum absolute atomic E-state index is 12.5. The number of nitrogens with zero attached hydrogens (tertiary/aromatic N) is 1. The summed E-state index contributed by atoms with van der Waals surface area (Å²) in [7, 11) is 1.99. The largest absolute Gasteiger partial charge is 0.339 e. The van der Waals surface area contributed by atoms with Crippen molar-refractivity contribution in [1.29, 1.82) is 0 Å². The van der Waals surface area contributed by atoms with Crippen LogP contribution < -0.4 is 5.32 Å². The molecule has 0 saturated carbocycles. The molecule has 0 bridgehead atoms. The van der Waals surface area contributed by atoms with E-state index in [9.17, 15) is 4.79 Å². The molecule has 0 unspecified atom stereocenters. The van der Waals surface area contributed by atoms with Crippen molar-refractivity contribution in [1.82, 2.24) is 10.2 Å². The number of amides is 1. The van der Waals surface area contributed by atoms with Crippen molar-refractivity contribution in [2.24, 2.45) is 5.92 Å². The van der Waals surface area contributed by atoms with Gasteiger partial charge in [0.05, 0.1) is 0 Å². The number of nitrogens with one attached hydrogen (secondary N) is 1. The Morgan fingerprint density at radius 1 is 1.42 bits per heavy atom. The molecule has 0 radical (unpaired) electrons. The summed E-state index contributed by atoms with van der Waals surface area (Å²) in [5, 5.41) is 3.22. The Kier molecular flexibility index (Phi) is 4.99. The summed E-state index contributed by atoms with van der Waals surface area (Å²) in [6, 6.07) is 5.90. The topological polar surface area (TPSA) is 32.3 Å². The predicted octanol–water partition coefficient (Wildman–Crippen LogP) is 2.83. The van der Waals surface area contributed by atoms with E-state index in [1.807, 2.05) is 37.1 Å². The molecular formula is C15H21BrN2O. The standard InChI is InChI=1S/C15H21BrN2O/c1-11-3-4-13(16)9-14(11)15(19)18-7-5-12(6-8-18)10-17-2/h3-4,9,12,17H,5-8,10H2,1-2H3. The Bertz CT molecular complexity index is 453. The van der Waals surface area contributed by atoms with E-state index < -0.39 is 0 Å². The second-order valence-electron chi connectivity index (χ2n) is 5.25. The minimum atomic E-state index is 0.168. The van der Waals surface area contributed by atoms with E-state index in [4.69, 9.17) is 0 Å². The van der Waals surface area contributed by atoms with E-state index in [0.29, 0.717) is 5.92 Å². The minimum Gasteiger partial charge on any atom is -0.339 e. The summed E-state index contributed by atoms with van der Waals surface area (Å²) >= 11 is 3.44. The molecule has 1 aromatic rings. The molecule has 3 nitrogen and oxygen atoms in total. The van der Waals surface area contributed by atoms with Crippen LogP contribution in [0.2, 0.25) is 0 Å². The Morgan fingerprint density at radius 2 is 2.11 bits per heavy atom. The van der Waals surface area contributed by atoms with Crippen molar-refractivity contribution in [3.05, 3.63) is 33.8 Å². The van der Waals surface area contributed by atoms with E-state index in [1.165, 1.54) is 0 Å². The van der Waals surface area contributed by atoms with Crippen LogP contribution in [0.3, 0.4) is 0 Å². The van der Waals surface area contributed by atoms with Gasteiger partial charge in [-0.3, -0.25) is 4.79 Å². The first-order valence-electron chi connectivity index (χ1n) is 6.82. The second kappa shape index (κ2) is 6.53. The molecule has 1 N–H and O–H groups in total. The summed E-state index contributed by atoms with van der Waals surface area (Å²) in [5.74, 6) is 0.874. The number of likely N-dealkylation sites (tertiary alicyclic amines) is 1. The summed E-state index contributed by atoms with van der Waals surface area (Å²) < 4.78 is 0.964. The van der Waals surface area contributed by atoms with Crippen LogP contribution in [0.15, 0.2) is 22.7 Å². The van der Waals surface area contributed by atoms with Crippen molar-refractivity contribution in [2.45, 2.75) is 19.8 Å². The van der Waals surface area contributed by atoms with Crippen LogP contribution in [0.4, 0.5) is 0 Å². The van der Waals surface area contributed by atoms with Gasteiger partial charge in [0.1, 0.15) is 0 Å². The molecule has 1 saturated heterocycles. The summed E-state index contributed by atoms with van der Waals surface area (Å²) in [6.07, 6.45) is 2.19. The highest BCUT2D eigenvalue weighted by molar-refractivity contribution is 9.10. The van der Waals surface area contributed by atoms with Gasteiger partial charge in [0.15, 0.2) is 0 Å². The van der Waals surface area contributed by atoms with Gasteiger partial charge in [-0.2, -0.15) is 0 Å². The highest BCUT2D eigenvalue weighted by atomic mass is 79.9. The first kappa shape index (κ1) is 14.5. The molecule has 0 atom stereocenters. The molecule has 0 spiro atoms. The zero-order chi connectivity index (χ0) is 13.8. The Labute approximate surface area is 123 Å². The molecule has 1 aliphatic rings. The Morgan fingerprint density at radius 3 is 2.74 bits per heavy atom. The molecule has 0 aliphatic carbocycles. The highest BCUT2D eigenvalue weighted by Gasteiger charge is 2.24. The zero-order valence-corrected chi connectivity index (χ0v) is 13.2. The number of carbonyl (C=O) groups excluding carboxylic acids is 1. The van der Waals surface area contributed by atoms with Crippen LogP contribution in [0.25, 0.3) is 0 Å². The number of aryl methyl sites for hydroxylation is 1. The lowest BCUT2D eigenvalue weighted by Crippen LogP contribution is -2.40. The lowest BCUT2D eigenvalue weighted by molar-refractivity contribution is 0.0690. The average molecular weight is 325 g/mol. The third kappa shape index (κ3) is 3.57. The number of rotatable bonds is 3. The van der Waals surface area contributed by atoms with Crippen molar-refractivity contribution >= 4 is 21.8 Å². The van der Waals surface area contributed by atoms with Crippen molar-refractivity contribution in [3.8, 4) is 0 Å². The molecule has 19 heavy (non-hydrogen) atoms. The molecular weight excluding hydrogens is 304 g/mol. The molecule has 1 heterocycles. The Hall–Kier alpha value is -0.870. The van der Waals surface area contributed by atoms with Gasteiger partial charge in [-0.15, -0.1) is 0 Å². The average Bonchev–Trinajstić information content (AvgIpc) is 2.42. The summed E-state index contributed by atoms with van der Waals surface area (Å²) in [4.78, 5) is 14.5. The van der Waals surface area contributed by atoms with Crippen LogP contribution in [0.5, 0.6) is 0 Å². The molecule has 104 valence electrons. The van der Waals surface area contributed by atoms with Gasteiger partial charge in [0.2, 0.25) is 0 Å². The summed E-state index contributed by atoms with van der Waals surface area (Å²) in [5.41, 5.74) is 1.87. The van der Waals surface area contributed by atoms with Crippen LogP contribution >= 0.6 is 15.9 Å². The number of halogens is 1. The van der Waals surface area contributed by atoms with Crippen LogP contribution in [-0.2, 0) is 0 Å². The molecule has 1 fully saturated rings. The van der Waals surface area contributed by atoms with Crippen molar-refractivity contribution in [3.63, 3.8) is 0 Å². The fourth-order valence-corrected chi connectivity index (χ4v) is 2.98.